The van der Waals surface area contributed by atoms with Crippen LogP contribution in [-0.4, -0.2) is 21.1 Å². The van der Waals surface area contributed by atoms with E-state index in [-0.39, 0.29) is 23.6 Å². The van der Waals surface area contributed by atoms with Crippen molar-refractivity contribution in [1.82, 2.24) is 20.5 Å². The third-order valence-corrected chi connectivity index (χ3v) is 3.95. The van der Waals surface area contributed by atoms with Gasteiger partial charge in [0.25, 0.3) is 5.91 Å². The van der Waals surface area contributed by atoms with Crippen LogP contribution in [0, 0.1) is 11.7 Å². The van der Waals surface area contributed by atoms with Crippen molar-refractivity contribution in [2.75, 3.05) is 0 Å². The molecule has 1 aliphatic carbocycles. The summed E-state index contributed by atoms with van der Waals surface area (Å²) in [6.07, 6.45) is 4.40. The van der Waals surface area contributed by atoms with E-state index in [4.69, 9.17) is 0 Å². The molecule has 1 amide bonds. The zero-order valence-corrected chi connectivity index (χ0v) is 12.7. The largest absolute Gasteiger partial charge is 0.343 e. The molecule has 0 bridgehead atoms. The molecular formula is C14H14BrFN4O. The van der Waals surface area contributed by atoms with Gasteiger partial charge in [-0.15, -0.1) is 0 Å². The Morgan fingerprint density at radius 3 is 2.90 bits per heavy atom. The molecule has 1 aliphatic rings. The number of carbonyl (C=O) groups is 1. The topological polar surface area (TPSA) is 70.7 Å². The molecule has 1 fully saturated rings. The molecule has 110 valence electrons. The van der Waals surface area contributed by atoms with Crippen molar-refractivity contribution in [1.29, 1.82) is 0 Å². The Kier molecular flexibility index (Phi) is 4.01. The number of aromatic amines is 1. The van der Waals surface area contributed by atoms with Crippen molar-refractivity contribution >= 4 is 21.8 Å². The number of hydrogen-bond donors (Lipinski definition) is 2. The van der Waals surface area contributed by atoms with Gasteiger partial charge in [-0.05, 0) is 36.1 Å². The summed E-state index contributed by atoms with van der Waals surface area (Å²) in [5.74, 6) is 0.0888. The van der Waals surface area contributed by atoms with E-state index < -0.39 is 0 Å². The van der Waals surface area contributed by atoms with Crippen molar-refractivity contribution in [3.05, 3.63) is 46.2 Å². The predicted octanol–water partition coefficient (Wildman–Crippen LogP) is 2.98. The minimum atomic E-state index is -0.335. The van der Waals surface area contributed by atoms with E-state index >= 15 is 0 Å². The second-order valence-electron chi connectivity index (χ2n) is 5.24. The maximum atomic E-state index is 13.6. The number of hydrogen-bond acceptors (Lipinski definition) is 3. The molecule has 0 saturated heterocycles. The summed E-state index contributed by atoms with van der Waals surface area (Å²) in [5, 5.41) is 9.09. The molecule has 2 N–H and O–H groups in total. The normalized spacial score (nSPS) is 15.7. The summed E-state index contributed by atoms with van der Waals surface area (Å²) < 4.78 is 14.2. The van der Waals surface area contributed by atoms with Crippen LogP contribution in [0.3, 0.4) is 0 Å². The van der Waals surface area contributed by atoms with E-state index in [0.717, 1.165) is 24.8 Å². The number of halogens is 2. The van der Waals surface area contributed by atoms with Crippen molar-refractivity contribution in [3.63, 3.8) is 0 Å². The Bertz CT molecular complexity index is 622. The second-order valence-corrected chi connectivity index (χ2v) is 6.16. The van der Waals surface area contributed by atoms with Crippen LogP contribution in [-0.2, 0) is 0 Å². The number of carbonyl (C=O) groups excluding carboxylic acids is 1. The van der Waals surface area contributed by atoms with Gasteiger partial charge >= 0.3 is 0 Å². The van der Waals surface area contributed by atoms with Gasteiger partial charge < -0.3 is 5.32 Å². The molecule has 7 heteroatoms. The number of benzene rings is 1. The van der Waals surface area contributed by atoms with Crippen LogP contribution in [0.25, 0.3) is 0 Å². The highest BCUT2D eigenvalue weighted by Crippen LogP contribution is 2.38. The summed E-state index contributed by atoms with van der Waals surface area (Å²) in [5.41, 5.74) is 0.752. The predicted molar refractivity (Wildman–Crippen MR) is 78.0 cm³/mol. The smallest absolute Gasteiger partial charge is 0.289 e. The summed E-state index contributed by atoms with van der Waals surface area (Å²) in [4.78, 5) is 15.9. The van der Waals surface area contributed by atoms with Gasteiger partial charge in [0.2, 0.25) is 5.82 Å². The number of amides is 1. The number of aromatic nitrogens is 3. The third-order valence-electron chi connectivity index (χ3n) is 3.49. The Morgan fingerprint density at radius 2 is 2.29 bits per heavy atom. The molecule has 1 aromatic heterocycles. The van der Waals surface area contributed by atoms with Crippen molar-refractivity contribution in [3.8, 4) is 0 Å². The van der Waals surface area contributed by atoms with Gasteiger partial charge in [0.1, 0.15) is 12.1 Å². The molecule has 5 nitrogen and oxygen atoms in total. The fraction of sp³-hybridized carbons (Fsp3) is 0.357. The zero-order valence-electron chi connectivity index (χ0n) is 11.1. The van der Waals surface area contributed by atoms with Crippen molar-refractivity contribution < 1.29 is 9.18 Å². The Hall–Kier alpha value is -1.76. The minimum absolute atomic E-state index is 0.159. The molecule has 1 heterocycles. The molecule has 1 unspecified atom stereocenters. The highest BCUT2D eigenvalue weighted by atomic mass is 79.9. The van der Waals surface area contributed by atoms with Crippen LogP contribution in [0.1, 0.15) is 41.5 Å². The summed E-state index contributed by atoms with van der Waals surface area (Å²) >= 11 is 3.29. The van der Waals surface area contributed by atoms with E-state index in [1.54, 1.807) is 0 Å². The molecule has 1 aromatic carbocycles. The highest BCUT2D eigenvalue weighted by molar-refractivity contribution is 9.10. The van der Waals surface area contributed by atoms with Gasteiger partial charge in [-0.2, -0.15) is 5.10 Å². The fourth-order valence-electron chi connectivity index (χ4n) is 2.28. The average molecular weight is 353 g/mol. The van der Waals surface area contributed by atoms with Crippen LogP contribution >= 0.6 is 15.9 Å². The zero-order chi connectivity index (χ0) is 14.8. The molecule has 2 aromatic rings. The first kappa shape index (κ1) is 14.2. The van der Waals surface area contributed by atoms with Gasteiger partial charge in [-0.25, -0.2) is 9.37 Å². The molecule has 21 heavy (non-hydrogen) atoms. The quantitative estimate of drug-likeness (QED) is 0.868. The first-order valence-electron chi connectivity index (χ1n) is 6.74. The Labute approximate surface area is 129 Å². The van der Waals surface area contributed by atoms with Gasteiger partial charge in [-0.3, -0.25) is 9.89 Å². The molecule has 0 aliphatic heterocycles. The first-order chi connectivity index (χ1) is 10.1. The van der Waals surface area contributed by atoms with E-state index in [1.165, 1.54) is 18.5 Å². The lowest BCUT2D eigenvalue weighted by molar-refractivity contribution is 0.0923. The first-order valence-corrected chi connectivity index (χ1v) is 7.53. The monoisotopic (exact) mass is 352 g/mol. The van der Waals surface area contributed by atoms with Crippen LogP contribution in [0.5, 0.6) is 0 Å². The Balaban J connectivity index is 1.81. The van der Waals surface area contributed by atoms with Gasteiger partial charge in [0, 0.05) is 4.47 Å². The van der Waals surface area contributed by atoms with Crippen LogP contribution in [0.4, 0.5) is 4.39 Å². The summed E-state index contributed by atoms with van der Waals surface area (Å²) in [7, 11) is 0. The fourth-order valence-corrected chi connectivity index (χ4v) is 2.77. The van der Waals surface area contributed by atoms with E-state index in [0.29, 0.717) is 10.4 Å². The highest BCUT2D eigenvalue weighted by Gasteiger charge is 2.28. The van der Waals surface area contributed by atoms with Crippen molar-refractivity contribution in [2.24, 2.45) is 5.92 Å². The van der Waals surface area contributed by atoms with Crippen LogP contribution in [0.2, 0.25) is 0 Å². The molecule has 1 atom stereocenters. The SMILES string of the molecule is O=C(NC(CC1CC1)c1cc(F)cc(Br)c1)c1ncn[nH]1. The molecule has 1 saturated carbocycles. The lowest BCUT2D eigenvalue weighted by atomic mass is 10.0. The Morgan fingerprint density at radius 1 is 1.48 bits per heavy atom. The van der Waals surface area contributed by atoms with Gasteiger partial charge in [0.15, 0.2) is 0 Å². The van der Waals surface area contributed by atoms with Gasteiger partial charge in [-0.1, -0.05) is 28.8 Å². The molecule has 0 radical (unpaired) electrons. The standard InChI is InChI=1S/C14H14BrFN4O/c15-10-4-9(5-11(16)6-10)12(3-8-1-2-8)19-14(21)13-17-7-18-20-13/h4-8,12H,1-3H2,(H,19,21)(H,17,18,20). The second kappa shape index (κ2) is 5.93. The third kappa shape index (κ3) is 3.66. The number of rotatable bonds is 5. The maximum absolute atomic E-state index is 13.6. The van der Waals surface area contributed by atoms with Gasteiger partial charge in [0.05, 0.1) is 6.04 Å². The maximum Gasteiger partial charge on any atom is 0.289 e. The lowest BCUT2D eigenvalue weighted by Gasteiger charge is -2.19. The summed E-state index contributed by atoms with van der Waals surface area (Å²) in [6, 6.07) is 4.45. The number of nitrogens with zero attached hydrogens (tertiary/aromatic N) is 2. The average Bonchev–Trinajstić information content (AvgIpc) is 3.07. The molecule has 0 spiro atoms. The molecular weight excluding hydrogens is 339 g/mol. The van der Waals surface area contributed by atoms with E-state index in [2.05, 4.69) is 36.4 Å². The number of H-pyrrole nitrogens is 1. The minimum Gasteiger partial charge on any atom is -0.343 e. The van der Waals surface area contributed by atoms with E-state index in [9.17, 15) is 9.18 Å². The lowest BCUT2D eigenvalue weighted by Crippen LogP contribution is -2.30. The number of nitrogens with one attached hydrogen (secondary N) is 2. The molecule has 3 rings (SSSR count). The van der Waals surface area contributed by atoms with Crippen molar-refractivity contribution in [2.45, 2.75) is 25.3 Å². The van der Waals surface area contributed by atoms with Crippen LogP contribution in [0.15, 0.2) is 29.0 Å². The van der Waals surface area contributed by atoms with Crippen LogP contribution < -0.4 is 5.32 Å². The summed E-state index contributed by atoms with van der Waals surface area (Å²) in [6.45, 7) is 0. The van der Waals surface area contributed by atoms with E-state index in [1.807, 2.05) is 6.07 Å².